The number of rotatable bonds is 3. The van der Waals surface area contributed by atoms with Crippen molar-refractivity contribution in [3.63, 3.8) is 0 Å². The third-order valence-electron chi connectivity index (χ3n) is 2.51. The summed E-state index contributed by atoms with van der Waals surface area (Å²) in [6.07, 6.45) is 0.348. The molecule has 15 heavy (non-hydrogen) atoms. The molecule has 7 heteroatoms. The molecule has 1 rings (SSSR count). The summed E-state index contributed by atoms with van der Waals surface area (Å²) in [5, 5.41) is -0.544. The van der Waals surface area contributed by atoms with Gasteiger partial charge in [0.25, 0.3) is 0 Å². The third kappa shape index (κ3) is 3.15. The van der Waals surface area contributed by atoms with Crippen molar-refractivity contribution in [2.75, 3.05) is 11.5 Å². The summed E-state index contributed by atoms with van der Waals surface area (Å²) < 4.78 is 48.2. The summed E-state index contributed by atoms with van der Waals surface area (Å²) in [5.74, 6) is -0.0456. The Hall–Kier alpha value is -0.140. The van der Waals surface area contributed by atoms with E-state index in [2.05, 4.69) is 4.72 Å². The Balaban J connectivity index is 2.85. The second-order valence-electron chi connectivity index (χ2n) is 4.60. The van der Waals surface area contributed by atoms with Gasteiger partial charge in [0, 0.05) is 5.54 Å². The first kappa shape index (κ1) is 12.9. The van der Waals surface area contributed by atoms with E-state index in [9.17, 15) is 16.8 Å². The van der Waals surface area contributed by atoms with Crippen molar-refractivity contribution in [3.05, 3.63) is 0 Å². The van der Waals surface area contributed by atoms with Crippen LogP contribution in [0, 0.1) is 0 Å². The molecule has 0 radical (unpaired) electrons. The molecule has 5 nitrogen and oxygen atoms in total. The Morgan fingerprint density at radius 1 is 1.33 bits per heavy atom. The average Bonchev–Trinajstić information content (AvgIpc) is 2.23. The van der Waals surface area contributed by atoms with E-state index in [-0.39, 0.29) is 11.5 Å². The van der Waals surface area contributed by atoms with Crippen LogP contribution in [0.3, 0.4) is 0 Å². The summed E-state index contributed by atoms with van der Waals surface area (Å²) in [7, 11) is -6.48. The van der Waals surface area contributed by atoms with E-state index in [0.29, 0.717) is 6.42 Å². The first-order valence-corrected chi connectivity index (χ1v) is 8.16. The Kier molecular flexibility index (Phi) is 3.20. The number of hydrogen-bond donors (Lipinski definition) is 1. The zero-order valence-corrected chi connectivity index (χ0v) is 10.8. The largest absolute Gasteiger partial charge is 0.229 e. The number of nitrogens with one attached hydrogen (secondary N) is 1. The van der Waals surface area contributed by atoms with Crippen molar-refractivity contribution in [2.24, 2.45) is 0 Å². The van der Waals surface area contributed by atoms with Crippen LogP contribution in [0.2, 0.25) is 0 Å². The highest BCUT2D eigenvalue weighted by atomic mass is 32.2. The molecule has 1 saturated heterocycles. The lowest BCUT2D eigenvalue weighted by Gasteiger charge is -2.24. The van der Waals surface area contributed by atoms with Gasteiger partial charge in [0.15, 0.2) is 9.84 Å². The van der Waals surface area contributed by atoms with E-state index in [4.69, 9.17) is 0 Å². The van der Waals surface area contributed by atoms with E-state index in [1.165, 1.54) is 0 Å². The quantitative estimate of drug-likeness (QED) is 0.763. The molecule has 90 valence electrons. The minimum Gasteiger partial charge on any atom is -0.229 e. The van der Waals surface area contributed by atoms with E-state index in [0.717, 1.165) is 0 Å². The molecular formula is C8H17NO4S2. The van der Waals surface area contributed by atoms with Crippen LogP contribution in [0.5, 0.6) is 0 Å². The van der Waals surface area contributed by atoms with E-state index < -0.39 is 30.6 Å². The van der Waals surface area contributed by atoms with E-state index in [1.807, 2.05) is 0 Å². The molecule has 0 saturated carbocycles. The maximum absolute atomic E-state index is 11.6. The molecule has 0 spiro atoms. The maximum Gasteiger partial charge on any atom is 0.214 e. The van der Waals surface area contributed by atoms with Gasteiger partial charge in [-0.15, -0.1) is 0 Å². The normalized spacial score (nSPS) is 30.9. The minimum atomic E-state index is -3.40. The monoisotopic (exact) mass is 255 g/mol. The summed E-state index contributed by atoms with van der Waals surface area (Å²) >= 11 is 0. The lowest BCUT2D eigenvalue weighted by atomic mass is 10.0. The predicted octanol–water partition coefficient (Wildman–Crippen LogP) is -0.109. The van der Waals surface area contributed by atoms with Crippen LogP contribution < -0.4 is 4.72 Å². The van der Waals surface area contributed by atoms with Crippen LogP contribution in [0.25, 0.3) is 0 Å². The Bertz CT molecular complexity index is 437. The number of hydrogen-bond acceptors (Lipinski definition) is 4. The van der Waals surface area contributed by atoms with Crippen molar-refractivity contribution in [2.45, 2.75) is 38.0 Å². The fourth-order valence-electron chi connectivity index (χ4n) is 1.55. The van der Waals surface area contributed by atoms with Crippen LogP contribution in [0.15, 0.2) is 0 Å². The van der Waals surface area contributed by atoms with Crippen molar-refractivity contribution in [3.8, 4) is 0 Å². The van der Waals surface area contributed by atoms with Crippen LogP contribution in [0.1, 0.15) is 27.2 Å². The van der Waals surface area contributed by atoms with Gasteiger partial charge in [-0.3, -0.25) is 0 Å². The molecule has 1 N–H and O–H groups in total. The lowest BCUT2D eigenvalue weighted by Crippen LogP contribution is -2.49. The number of sulfonamides is 1. The van der Waals surface area contributed by atoms with Crippen LogP contribution in [-0.4, -0.2) is 39.1 Å². The highest BCUT2D eigenvalue weighted by molar-refractivity contribution is 7.92. The van der Waals surface area contributed by atoms with Gasteiger partial charge in [-0.25, -0.2) is 21.6 Å². The van der Waals surface area contributed by atoms with Gasteiger partial charge >= 0.3 is 0 Å². The van der Waals surface area contributed by atoms with Gasteiger partial charge in [0.05, 0.1) is 16.8 Å². The molecule has 1 fully saturated rings. The summed E-state index contributed by atoms with van der Waals surface area (Å²) in [6.45, 7) is 4.77. The predicted molar refractivity (Wildman–Crippen MR) is 58.9 cm³/mol. The molecule has 1 aliphatic rings. The zero-order valence-electron chi connectivity index (χ0n) is 9.15. The Morgan fingerprint density at radius 2 is 1.87 bits per heavy atom. The van der Waals surface area contributed by atoms with Gasteiger partial charge in [0.1, 0.15) is 0 Å². The molecular weight excluding hydrogens is 238 g/mol. The van der Waals surface area contributed by atoms with Crippen molar-refractivity contribution >= 4 is 19.9 Å². The second-order valence-corrected chi connectivity index (χ2v) is 9.02. The van der Waals surface area contributed by atoms with Crippen molar-refractivity contribution in [1.82, 2.24) is 4.72 Å². The second kappa shape index (κ2) is 3.71. The average molecular weight is 255 g/mol. The molecule has 0 bridgehead atoms. The highest BCUT2D eigenvalue weighted by Crippen LogP contribution is 2.24. The highest BCUT2D eigenvalue weighted by Gasteiger charge is 2.41. The molecule has 0 aliphatic carbocycles. The van der Waals surface area contributed by atoms with Crippen molar-refractivity contribution < 1.29 is 16.8 Å². The Morgan fingerprint density at radius 3 is 2.20 bits per heavy atom. The molecule has 0 aromatic heterocycles. The molecule has 1 unspecified atom stereocenters. The molecule has 1 atom stereocenters. The zero-order chi connectivity index (χ0) is 11.9. The summed E-state index contributed by atoms with van der Waals surface area (Å²) in [5.41, 5.74) is -0.831. The van der Waals surface area contributed by atoms with Crippen LogP contribution in [-0.2, 0) is 19.9 Å². The van der Waals surface area contributed by atoms with Gasteiger partial charge in [-0.2, -0.15) is 0 Å². The maximum atomic E-state index is 11.6. The fraction of sp³-hybridized carbons (Fsp3) is 1.00. The first-order valence-electron chi connectivity index (χ1n) is 4.80. The number of sulfone groups is 1. The molecule has 0 amide bonds. The SMILES string of the molecule is CC(C)S(=O)(=O)NC1(C)CCS(=O)(=O)C1. The van der Waals surface area contributed by atoms with Gasteiger partial charge in [-0.05, 0) is 27.2 Å². The van der Waals surface area contributed by atoms with Crippen molar-refractivity contribution in [1.29, 1.82) is 0 Å². The third-order valence-corrected chi connectivity index (χ3v) is 6.43. The van der Waals surface area contributed by atoms with Gasteiger partial charge in [-0.1, -0.05) is 0 Å². The minimum absolute atomic E-state index is 0.0596. The van der Waals surface area contributed by atoms with Crippen LogP contribution in [0.4, 0.5) is 0 Å². The van der Waals surface area contributed by atoms with E-state index >= 15 is 0 Å². The van der Waals surface area contributed by atoms with E-state index in [1.54, 1.807) is 20.8 Å². The standard InChI is InChI=1S/C8H17NO4S2/c1-7(2)15(12,13)9-8(3)4-5-14(10,11)6-8/h7,9H,4-6H2,1-3H3. The topological polar surface area (TPSA) is 80.3 Å². The lowest BCUT2D eigenvalue weighted by molar-refractivity contribution is 0.458. The summed E-state index contributed by atoms with van der Waals surface area (Å²) in [6, 6.07) is 0. The fourth-order valence-corrected chi connectivity index (χ4v) is 4.83. The molecule has 0 aromatic rings. The van der Waals surface area contributed by atoms with Gasteiger partial charge in [0.2, 0.25) is 10.0 Å². The molecule has 1 aliphatic heterocycles. The van der Waals surface area contributed by atoms with Crippen LogP contribution >= 0.6 is 0 Å². The smallest absolute Gasteiger partial charge is 0.214 e. The Labute approximate surface area is 91.2 Å². The molecule has 0 aromatic carbocycles. The van der Waals surface area contributed by atoms with Gasteiger partial charge < -0.3 is 0 Å². The molecule has 1 heterocycles. The first-order chi connectivity index (χ1) is 6.56. The summed E-state index contributed by atoms with van der Waals surface area (Å²) in [4.78, 5) is 0.